The van der Waals surface area contributed by atoms with E-state index in [1.165, 1.54) is 5.56 Å². The maximum atomic E-state index is 5.81. The lowest BCUT2D eigenvalue weighted by atomic mass is 10.2. The molecule has 4 heteroatoms. The topological polar surface area (TPSA) is 54.7 Å². The van der Waals surface area contributed by atoms with Crippen LogP contribution < -0.4 is 5.73 Å². The SMILES string of the molecule is Cc1ccc(N)cc1Sc1nc2ccccc2[nH]1. The molecule has 0 saturated heterocycles. The van der Waals surface area contributed by atoms with Crippen molar-refractivity contribution in [3.05, 3.63) is 48.0 Å². The summed E-state index contributed by atoms with van der Waals surface area (Å²) in [6.07, 6.45) is 0. The van der Waals surface area contributed by atoms with Gasteiger partial charge in [-0.25, -0.2) is 4.98 Å². The van der Waals surface area contributed by atoms with E-state index in [1.807, 2.05) is 42.5 Å². The molecule has 3 rings (SSSR count). The summed E-state index contributed by atoms with van der Waals surface area (Å²) in [6.45, 7) is 2.07. The van der Waals surface area contributed by atoms with E-state index in [9.17, 15) is 0 Å². The summed E-state index contributed by atoms with van der Waals surface area (Å²) in [6, 6.07) is 13.9. The third-order valence-corrected chi connectivity index (χ3v) is 3.83. The summed E-state index contributed by atoms with van der Waals surface area (Å²) < 4.78 is 0. The summed E-state index contributed by atoms with van der Waals surface area (Å²) in [5, 5.41) is 0.893. The highest BCUT2D eigenvalue weighted by Crippen LogP contribution is 2.30. The average Bonchev–Trinajstić information content (AvgIpc) is 2.76. The fraction of sp³-hybridized carbons (Fsp3) is 0.0714. The predicted octanol–water partition coefficient (Wildman–Crippen LogP) is 3.60. The van der Waals surface area contributed by atoms with E-state index in [2.05, 4.69) is 16.9 Å². The Labute approximate surface area is 109 Å². The van der Waals surface area contributed by atoms with E-state index in [0.717, 1.165) is 26.8 Å². The largest absolute Gasteiger partial charge is 0.399 e. The van der Waals surface area contributed by atoms with E-state index < -0.39 is 0 Å². The van der Waals surface area contributed by atoms with Gasteiger partial charge in [0.2, 0.25) is 0 Å². The van der Waals surface area contributed by atoms with Crippen LogP contribution in [0.15, 0.2) is 52.5 Å². The molecule has 0 amide bonds. The van der Waals surface area contributed by atoms with Gasteiger partial charge in [-0.15, -0.1) is 0 Å². The van der Waals surface area contributed by atoms with Gasteiger partial charge in [0.15, 0.2) is 5.16 Å². The van der Waals surface area contributed by atoms with Crippen LogP contribution in [0.25, 0.3) is 11.0 Å². The lowest BCUT2D eigenvalue weighted by Crippen LogP contribution is -1.87. The lowest BCUT2D eigenvalue weighted by Gasteiger charge is -2.03. The molecule has 0 aliphatic rings. The van der Waals surface area contributed by atoms with Crippen LogP contribution in [0.1, 0.15) is 5.56 Å². The standard InChI is InChI=1S/C14H13N3S/c1-9-6-7-10(15)8-13(9)18-14-16-11-4-2-3-5-12(11)17-14/h2-8H,15H2,1H3,(H,16,17). The highest BCUT2D eigenvalue weighted by Gasteiger charge is 2.06. The fourth-order valence-corrected chi connectivity index (χ4v) is 2.75. The Morgan fingerprint density at radius 2 is 2.00 bits per heavy atom. The summed E-state index contributed by atoms with van der Waals surface area (Å²) in [4.78, 5) is 8.98. The smallest absolute Gasteiger partial charge is 0.171 e. The Bertz CT molecular complexity index is 670. The summed E-state index contributed by atoms with van der Waals surface area (Å²) in [7, 11) is 0. The number of fused-ring (bicyclic) bond motifs is 1. The predicted molar refractivity (Wildman–Crippen MR) is 75.8 cm³/mol. The van der Waals surface area contributed by atoms with Gasteiger partial charge in [0, 0.05) is 10.6 Å². The first kappa shape index (κ1) is 11.2. The molecule has 0 unspecified atom stereocenters. The highest BCUT2D eigenvalue weighted by atomic mass is 32.2. The van der Waals surface area contributed by atoms with Gasteiger partial charge in [0.05, 0.1) is 11.0 Å². The number of aromatic nitrogens is 2. The first-order valence-electron chi connectivity index (χ1n) is 5.71. The van der Waals surface area contributed by atoms with Gasteiger partial charge in [-0.2, -0.15) is 0 Å². The number of imidazole rings is 1. The zero-order valence-corrected chi connectivity index (χ0v) is 10.8. The number of para-hydroxylation sites is 2. The zero-order valence-electron chi connectivity index (χ0n) is 9.97. The van der Waals surface area contributed by atoms with Crippen molar-refractivity contribution in [3.63, 3.8) is 0 Å². The van der Waals surface area contributed by atoms with Gasteiger partial charge in [-0.05, 0) is 36.8 Å². The van der Waals surface area contributed by atoms with Crippen molar-refractivity contribution in [2.45, 2.75) is 17.0 Å². The van der Waals surface area contributed by atoms with Gasteiger partial charge in [-0.1, -0.05) is 30.0 Å². The van der Waals surface area contributed by atoms with Crippen molar-refractivity contribution >= 4 is 28.5 Å². The third kappa shape index (κ3) is 2.07. The molecule has 0 aliphatic heterocycles. The van der Waals surface area contributed by atoms with Crippen molar-refractivity contribution in [1.29, 1.82) is 0 Å². The minimum atomic E-state index is 0.777. The van der Waals surface area contributed by atoms with E-state index >= 15 is 0 Å². The molecule has 0 spiro atoms. The number of nitrogens with one attached hydrogen (secondary N) is 1. The van der Waals surface area contributed by atoms with Gasteiger partial charge < -0.3 is 10.7 Å². The van der Waals surface area contributed by atoms with Crippen LogP contribution in [0.3, 0.4) is 0 Å². The third-order valence-electron chi connectivity index (χ3n) is 2.79. The molecule has 3 N–H and O–H groups in total. The van der Waals surface area contributed by atoms with Gasteiger partial charge in [0.1, 0.15) is 0 Å². The molecule has 3 aromatic rings. The molecule has 1 heterocycles. The van der Waals surface area contributed by atoms with Crippen molar-refractivity contribution in [2.24, 2.45) is 0 Å². The second-order valence-electron chi connectivity index (χ2n) is 4.19. The zero-order chi connectivity index (χ0) is 12.5. The summed E-state index contributed by atoms with van der Waals surface area (Å²) in [5.41, 5.74) is 9.84. The number of nitrogens with two attached hydrogens (primary N) is 1. The molecule has 90 valence electrons. The molecule has 1 aromatic heterocycles. The molecule has 0 atom stereocenters. The Morgan fingerprint density at radius 1 is 1.17 bits per heavy atom. The second kappa shape index (κ2) is 4.38. The minimum absolute atomic E-state index is 0.777. The van der Waals surface area contributed by atoms with Gasteiger partial charge in [0.25, 0.3) is 0 Å². The molecule has 0 fully saturated rings. The van der Waals surface area contributed by atoms with E-state index in [4.69, 9.17) is 5.73 Å². The molecule has 0 radical (unpaired) electrons. The molecule has 3 nitrogen and oxygen atoms in total. The van der Waals surface area contributed by atoms with Crippen LogP contribution in [-0.4, -0.2) is 9.97 Å². The quantitative estimate of drug-likeness (QED) is 0.688. The maximum Gasteiger partial charge on any atom is 0.171 e. The second-order valence-corrected chi connectivity index (χ2v) is 5.22. The number of H-pyrrole nitrogens is 1. The van der Waals surface area contributed by atoms with Crippen molar-refractivity contribution in [1.82, 2.24) is 9.97 Å². The number of nitrogens with zero attached hydrogens (tertiary/aromatic N) is 1. The average molecular weight is 255 g/mol. The molecular formula is C14H13N3S. The normalized spacial score (nSPS) is 10.9. The van der Waals surface area contributed by atoms with Crippen molar-refractivity contribution in [3.8, 4) is 0 Å². The number of aryl methyl sites for hydroxylation is 1. The van der Waals surface area contributed by atoms with Crippen LogP contribution in [0, 0.1) is 6.92 Å². The van der Waals surface area contributed by atoms with Gasteiger partial charge >= 0.3 is 0 Å². The van der Waals surface area contributed by atoms with Crippen LogP contribution in [-0.2, 0) is 0 Å². The first-order chi connectivity index (χ1) is 8.72. The number of rotatable bonds is 2. The van der Waals surface area contributed by atoms with E-state index in [-0.39, 0.29) is 0 Å². The molecule has 0 saturated carbocycles. The van der Waals surface area contributed by atoms with Crippen LogP contribution >= 0.6 is 11.8 Å². The molecule has 2 aromatic carbocycles. The Morgan fingerprint density at radius 3 is 2.83 bits per heavy atom. The lowest BCUT2D eigenvalue weighted by molar-refractivity contribution is 1.08. The van der Waals surface area contributed by atoms with Crippen LogP contribution in [0.2, 0.25) is 0 Å². The number of benzene rings is 2. The minimum Gasteiger partial charge on any atom is -0.399 e. The van der Waals surface area contributed by atoms with E-state index in [0.29, 0.717) is 0 Å². The maximum absolute atomic E-state index is 5.81. The molecular weight excluding hydrogens is 242 g/mol. The number of anilines is 1. The highest BCUT2D eigenvalue weighted by molar-refractivity contribution is 7.99. The Hall–Kier alpha value is -1.94. The van der Waals surface area contributed by atoms with Crippen LogP contribution in [0.4, 0.5) is 5.69 Å². The number of hydrogen-bond donors (Lipinski definition) is 2. The van der Waals surface area contributed by atoms with Gasteiger partial charge in [-0.3, -0.25) is 0 Å². The number of aromatic amines is 1. The summed E-state index contributed by atoms with van der Waals surface area (Å²) >= 11 is 1.61. The van der Waals surface area contributed by atoms with E-state index in [1.54, 1.807) is 11.8 Å². The number of hydrogen-bond acceptors (Lipinski definition) is 3. The monoisotopic (exact) mass is 255 g/mol. The van der Waals surface area contributed by atoms with Crippen LogP contribution in [0.5, 0.6) is 0 Å². The molecule has 0 aliphatic carbocycles. The first-order valence-corrected chi connectivity index (χ1v) is 6.53. The Kier molecular flexibility index (Phi) is 2.72. The molecule has 0 bridgehead atoms. The van der Waals surface area contributed by atoms with Crippen molar-refractivity contribution < 1.29 is 0 Å². The fourth-order valence-electron chi connectivity index (χ4n) is 1.81. The van der Waals surface area contributed by atoms with Crippen molar-refractivity contribution in [2.75, 3.05) is 5.73 Å². The summed E-state index contributed by atoms with van der Waals surface area (Å²) in [5.74, 6) is 0. The molecule has 18 heavy (non-hydrogen) atoms. The Balaban J connectivity index is 1.98. The number of nitrogen functional groups attached to an aromatic ring is 1.